The second-order valence-electron chi connectivity index (χ2n) is 9.55. The lowest BCUT2D eigenvalue weighted by molar-refractivity contribution is -0.0455. The number of likely N-dealkylation sites (N-methyl/N-ethyl adjacent to an activating group) is 1. The van der Waals surface area contributed by atoms with Crippen molar-refractivity contribution in [2.75, 3.05) is 33.3 Å². The van der Waals surface area contributed by atoms with Crippen LogP contribution in [0.15, 0.2) is 18.2 Å². The molecule has 2 unspecified atom stereocenters. The first-order chi connectivity index (χ1) is 14.0. The Morgan fingerprint density at radius 3 is 3.00 bits per heavy atom. The third-order valence-corrected chi connectivity index (χ3v) is 8.32. The summed E-state index contributed by atoms with van der Waals surface area (Å²) in [4.78, 5) is 2.47. The lowest BCUT2D eigenvalue weighted by Crippen LogP contribution is -2.64. The molecule has 0 saturated carbocycles. The van der Waals surface area contributed by atoms with E-state index in [0.717, 1.165) is 39.1 Å². The van der Waals surface area contributed by atoms with Gasteiger partial charge in [0, 0.05) is 41.9 Å². The number of phenolic OH excluding ortho intramolecular Hbond substituents is 1. The summed E-state index contributed by atoms with van der Waals surface area (Å²) in [5, 5.41) is 25.2. The number of nitrogens with zero attached hydrogens (tertiary/aromatic N) is 1. The van der Waals surface area contributed by atoms with E-state index >= 15 is 0 Å². The van der Waals surface area contributed by atoms with Gasteiger partial charge in [0.25, 0.3) is 0 Å². The number of aliphatic hydroxyl groups excluding tert-OH is 1. The van der Waals surface area contributed by atoms with E-state index in [9.17, 15) is 10.2 Å². The molecule has 2 bridgehead atoms. The largest absolute Gasteiger partial charge is 0.504 e. The molecule has 1 aromatic rings. The van der Waals surface area contributed by atoms with E-state index in [4.69, 9.17) is 9.47 Å². The van der Waals surface area contributed by atoms with Crippen LogP contribution < -0.4 is 10.1 Å². The molecule has 0 amide bonds. The summed E-state index contributed by atoms with van der Waals surface area (Å²) in [7, 11) is 2.21. The zero-order valence-electron chi connectivity index (χ0n) is 17.1. The van der Waals surface area contributed by atoms with Crippen LogP contribution in [0.2, 0.25) is 0 Å². The fraction of sp³-hybridized carbons (Fsp3) is 0.652. The number of nitrogens with one attached hydrogen (secondary N) is 1. The number of benzene rings is 1. The molecular weight excluding hydrogens is 368 g/mol. The summed E-state index contributed by atoms with van der Waals surface area (Å²) < 4.78 is 12.4. The monoisotopic (exact) mass is 398 g/mol. The number of morpholine rings is 1. The van der Waals surface area contributed by atoms with Gasteiger partial charge in [-0.1, -0.05) is 19.1 Å². The number of ether oxygens (including phenoxy) is 2. The fourth-order valence-electron chi connectivity index (χ4n) is 6.86. The maximum absolute atomic E-state index is 11.0. The zero-order valence-corrected chi connectivity index (χ0v) is 17.1. The van der Waals surface area contributed by atoms with Crippen LogP contribution >= 0.6 is 0 Å². The summed E-state index contributed by atoms with van der Waals surface area (Å²) in [6.07, 6.45) is 5.15. The lowest BCUT2D eigenvalue weighted by atomic mass is 9.52. The number of phenols is 1. The Labute approximate surface area is 171 Å². The number of rotatable bonds is 2. The molecule has 2 saturated heterocycles. The SMILES string of the molecule is CC(c1cc(O)c2c3c1C[C@@H]1[C@@H]4C=C[C@H](O)[C@H](O2)[C@]34CCN1C)C1CNCCO1. The minimum absolute atomic E-state index is 0.0974. The molecule has 6 nitrogen and oxygen atoms in total. The summed E-state index contributed by atoms with van der Waals surface area (Å²) >= 11 is 0. The maximum atomic E-state index is 11.0. The number of aromatic hydroxyl groups is 1. The Morgan fingerprint density at radius 1 is 1.34 bits per heavy atom. The lowest BCUT2D eigenvalue weighted by Gasteiger charge is -2.56. The molecule has 1 aromatic carbocycles. The average Bonchev–Trinajstić information content (AvgIpc) is 3.09. The molecule has 2 aliphatic carbocycles. The number of hydrogen-bond donors (Lipinski definition) is 3. The molecule has 156 valence electrons. The fourth-order valence-corrected chi connectivity index (χ4v) is 6.86. The van der Waals surface area contributed by atoms with Crippen molar-refractivity contribution >= 4 is 0 Å². The number of likely N-dealkylation sites (tertiary alicyclic amines) is 1. The van der Waals surface area contributed by atoms with Gasteiger partial charge in [0.15, 0.2) is 11.5 Å². The van der Waals surface area contributed by atoms with Crippen molar-refractivity contribution in [3.63, 3.8) is 0 Å². The van der Waals surface area contributed by atoms with Crippen LogP contribution in [0.25, 0.3) is 0 Å². The van der Waals surface area contributed by atoms with E-state index < -0.39 is 6.10 Å². The van der Waals surface area contributed by atoms with Crippen molar-refractivity contribution in [2.45, 2.75) is 55.5 Å². The van der Waals surface area contributed by atoms with Gasteiger partial charge in [-0.2, -0.15) is 0 Å². The standard InChI is InChI=1S/C23H30N2O4/c1-12(19-11-24-6-8-28-19)13-10-18(27)21-20-14(13)9-16-15-3-4-17(26)22(29-21)23(15,20)5-7-25(16)2/h3-4,10,12,15-17,19,22,24,26-27H,5-9,11H2,1-2H3/t12?,15-,16+,17-,19?,22-,23-/m0/s1. The molecule has 3 heterocycles. The van der Waals surface area contributed by atoms with Crippen LogP contribution in [0.4, 0.5) is 0 Å². The highest BCUT2D eigenvalue weighted by atomic mass is 16.5. The quantitative estimate of drug-likeness (QED) is 0.652. The molecule has 0 aromatic heterocycles. The predicted octanol–water partition coefficient (Wildman–Crippen LogP) is 1.29. The first-order valence-corrected chi connectivity index (χ1v) is 11.0. The third-order valence-electron chi connectivity index (χ3n) is 8.32. The van der Waals surface area contributed by atoms with E-state index in [1.54, 1.807) is 0 Å². The average molecular weight is 399 g/mol. The predicted molar refractivity (Wildman–Crippen MR) is 109 cm³/mol. The minimum atomic E-state index is -0.639. The second kappa shape index (κ2) is 6.20. The highest BCUT2D eigenvalue weighted by Gasteiger charge is 2.64. The minimum Gasteiger partial charge on any atom is -0.504 e. The van der Waals surface area contributed by atoms with Crippen LogP contribution in [0, 0.1) is 5.92 Å². The van der Waals surface area contributed by atoms with Gasteiger partial charge >= 0.3 is 0 Å². The number of piperidine rings is 1. The topological polar surface area (TPSA) is 74.2 Å². The molecule has 6 rings (SSSR count). The molecule has 0 radical (unpaired) electrons. The van der Waals surface area contributed by atoms with Gasteiger partial charge < -0.3 is 29.9 Å². The molecule has 3 N–H and O–H groups in total. The first kappa shape index (κ1) is 18.2. The molecule has 3 aliphatic heterocycles. The van der Waals surface area contributed by atoms with Crippen molar-refractivity contribution in [2.24, 2.45) is 5.92 Å². The Kier molecular flexibility index (Phi) is 3.89. The van der Waals surface area contributed by atoms with E-state index in [1.165, 1.54) is 16.7 Å². The Bertz CT molecular complexity index is 880. The summed E-state index contributed by atoms with van der Waals surface area (Å²) in [6, 6.07) is 2.29. The van der Waals surface area contributed by atoms with Gasteiger partial charge in [0.2, 0.25) is 0 Å². The van der Waals surface area contributed by atoms with Gasteiger partial charge in [-0.3, -0.25) is 0 Å². The number of aliphatic hydroxyl groups is 1. The maximum Gasteiger partial charge on any atom is 0.165 e. The Balaban J connectivity index is 1.55. The van der Waals surface area contributed by atoms with Crippen LogP contribution in [0.3, 0.4) is 0 Å². The Morgan fingerprint density at radius 2 is 2.21 bits per heavy atom. The van der Waals surface area contributed by atoms with Crippen LogP contribution in [-0.4, -0.2) is 72.8 Å². The smallest absolute Gasteiger partial charge is 0.165 e. The molecule has 29 heavy (non-hydrogen) atoms. The van der Waals surface area contributed by atoms with Crippen molar-refractivity contribution in [3.05, 3.63) is 34.9 Å². The zero-order chi connectivity index (χ0) is 19.9. The van der Waals surface area contributed by atoms with Crippen molar-refractivity contribution in [1.29, 1.82) is 0 Å². The highest BCUT2D eigenvalue weighted by Crippen LogP contribution is 2.63. The molecular formula is C23H30N2O4. The van der Waals surface area contributed by atoms with Crippen LogP contribution in [0.5, 0.6) is 11.5 Å². The number of hydrogen-bond acceptors (Lipinski definition) is 6. The van der Waals surface area contributed by atoms with Crippen molar-refractivity contribution in [1.82, 2.24) is 10.2 Å². The summed E-state index contributed by atoms with van der Waals surface area (Å²) in [5.41, 5.74) is 3.43. The van der Waals surface area contributed by atoms with Crippen molar-refractivity contribution < 1.29 is 19.7 Å². The highest BCUT2D eigenvalue weighted by molar-refractivity contribution is 5.64. The van der Waals surface area contributed by atoms with Gasteiger partial charge in [0.05, 0.1) is 12.7 Å². The molecule has 1 spiro atoms. The first-order valence-electron chi connectivity index (χ1n) is 11.0. The molecule has 6 heteroatoms. The van der Waals surface area contributed by atoms with Crippen LogP contribution in [0.1, 0.15) is 36.0 Å². The second-order valence-corrected chi connectivity index (χ2v) is 9.55. The third kappa shape index (κ3) is 2.26. The van der Waals surface area contributed by atoms with E-state index in [-0.39, 0.29) is 29.3 Å². The van der Waals surface area contributed by atoms with Crippen LogP contribution in [-0.2, 0) is 16.6 Å². The van der Waals surface area contributed by atoms with Gasteiger partial charge in [-0.05, 0) is 43.6 Å². The van der Waals surface area contributed by atoms with E-state index in [1.807, 2.05) is 12.1 Å². The van der Waals surface area contributed by atoms with E-state index in [0.29, 0.717) is 17.7 Å². The van der Waals surface area contributed by atoms with Crippen molar-refractivity contribution in [3.8, 4) is 11.5 Å². The normalized spacial score (nSPS) is 41.0. The molecule has 5 aliphatic rings. The summed E-state index contributed by atoms with van der Waals surface area (Å²) in [6.45, 7) is 5.64. The Hall–Kier alpha value is -1.60. The molecule has 2 fully saturated rings. The molecule has 7 atom stereocenters. The van der Waals surface area contributed by atoms with E-state index in [2.05, 4.69) is 30.3 Å². The van der Waals surface area contributed by atoms with Gasteiger partial charge in [0.1, 0.15) is 12.2 Å². The summed E-state index contributed by atoms with van der Waals surface area (Å²) in [5.74, 6) is 1.30. The van der Waals surface area contributed by atoms with Gasteiger partial charge in [-0.25, -0.2) is 0 Å². The van der Waals surface area contributed by atoms with Gasteiger partial charge in [-0.15, -0.1) is 0 Å².